The van der Waals surface area contributed by atoms with Gasteiger partial charge in [0.05, 0.1) is 5.60 Å². The van der Waals surface area contributed by atoms with Crippen LogP contribution >= 0.6 is 15.9 Å². The lowest BCUT2D eigenvalue weighted by Gasteiger charge is -2.22. The second-order valence-corrected chi connectivity index (χ2v) is 5.53. The lowest BCUT2D eigenvalue weighted by Crippen LogP contribution is -2.16. The van der Waals surface area contributed by atoms with Gasteiger partial charge in [0, 0.05) is 4.47 Å². The molecule has 0 radical (unpaired) electrons. The average Bonchev–Trinajstić information content (AvgIpc) is 2.28. The van der Waals surface area contributed by atoms with Gasteiger partial charge >= 0.3 is 0 Å². The maximum atomic E-state index is 10.2. The minimum absolute atomic E-state index is 0.841. The van der Waals surface area contributed by atoms with Crippen LogP contribution in [0.2, 0.25) is 0 Å². The monoisotopic (exact) mass is 290 g/mol. The highest BCUT2D eigenvalue weighted by atomic mass is 79.9. The minimum atomic E-state index is -0.841. The van der Waals surface area contributed by atoms with Crippen molar-refractivity contribution < 1.29 is 5.11 Å². The van der Waals surface area contributed by atoms with Gasteiger partial charge in [0.25, 0.3) is 0 Å². The van der Waals surface area contributed by atoms with Gasteiger partial charge in [-0.3, -0.25) is 0 Å². The molecule has 0 spiro atoms. The van der Waals surface area contributed by atoms with Crippen LogP contribution in [0.15, 0.2) is 53.0 Å². The van der Waals surface area contributed by atoms with E-state index in [2.05, 4.69) is 28.1 Å². The van der Waals surface area contributed by atoms with E-state index in [0.717, 1.165) is 21.2 Å². The number of hydrogen-bond acceptors (Lipinski definition) is 1. The molecule has 1 N–H and O–H groups in total. The van der Waals surface area contributed by atoms with Crippen molar-refractivity contribution >= 4 is 15.9 Å². The molecular weight excluding hydrogens is 276 g/mol. The molecule has 0 saturated heterocycles. The third kappa shape index (κ3) is 2.76. The summed E-state index contributed by atoms with van der Waals surface area (Å²) in [5.41, 5.74) is 2.27. The largest absolute Gasteiger partial charge is 0.386 e. The second kappa shape index (κ2) is 4.63. The van der Waals surface area contributed by atoms with E-state index >= 15 is 0 Å². The zero-order chi connectivity index (χ0) is 12.5. The predicted molar refractivity (Wildman–Crippen MR) is 74.8 cm³/mol. The van der Waals surface area contributed by atoms with Crippen LogP contribution in [0, 0.1) is 0 Å². The number of benzene rings is 2. The van der Waals surface area contributed by atoms with E-state index in [1.54, 1.807) is 0 Å². The summed E-state index contributed by atoms with van der Waals surface area (Å²) in [6.07, 6.45) is 0. The minimum Gasteiger partial charge on any atom is -0.386 e. The van der Waals surface area contributed by atoms with E-state index in [1.165, 1.54) is 0 Å². The molecule has 0 amide bonds. The van der Waals surface area contributed by atoms with Gasteiger partial charge in [-0.25, -0.2) is 0 Å². The van der Waals surface area contributed by atoms with Crippen LogP contribution in [0.5, 0.6) is 0 Å². The van der Waals surface area contributed by atoms with Gasteiger partial charge in [0.1, 0.15) is 0 Å². The van der Waals surface area contributed by atoms with Crippen LogP contribution in [0.3, 0.4) is 0 Å². The van der Waals surface area contributed by atoms with Crippen LogP contribution in [0.1, 0.15) is 19.4 Å². The Morgan fingerprint density at radius 3 is 2.24 bits per heavy atom. The van der Waals surface area contributed by atoms with Gasteiger partial charge in [-0.15, -0.1) is 0 Å². The summed E-state index contributed by atoms with van der Waals surface area (Å²) >= 11 is 3.48. The van der Waals surface area contributed by atoms with Crippen molar-refractivity contribution in [3.05, 3.63) is 58.6 Å². The van der Waals surface area contributed by atoms with E-state index in [1.807, 2.05) is 50.2 Å². The summed E-state index contributed by atoms with van der Waals surface area (Å²) in [5, 5.41) is 10.2. The van der Waals surface area contributed by atoms with Crippen molar-refractivity contribution in [2.75, 3.05) is 0 Å². The van der Waals surface area contributed by atoms with Crippen LogP contribution in [-0.2, 0) is 5.60 Å². The first-order chi connectivity index (χ1) is 7.98. The van der Waals surface area contributed by atoms with Gasteiger partial charge in [0.2, 0.25) is 0 Å². The molecule has 0 heterocycles. The van der Waals surface area contributed by atoms with Crippen molar-refractivity contribution in [1.82, 2.24) is 0 Å². The van der Waals surface area contributed by atoms with Crippen LogP contribution < -0.4 is 0 Å². The highest BCUT2D eigenvalue weighted by molar-refractivity contribution is 9.10. The Balaban J connectivity index is 2.64. The standard InChI is InChI=1S/C15H15BrO/c1-15(2,17)14-9-8-12(16)10-13(14)11-6-4-3-5-7-11/h3-10,17H,1-2H3. The fourth-order valence-electron chi connectivity index (χ4n) is 1.91. The summed E-state index contributed by atoms with van der Waals surface area (Å²) in [5.74, 6) is 0. The smallest absolute Gasteiger partial charge is 0.0846 e. The Kier molecular flexibility index (Phi) is 3.36. The van der Waals surface area contributed by atoms with E-state index in [-0.39, 0.29) is 0 Å². The molecule has 1 nitrogen and oxygen atoms in total. The van der Waals surface area contributed by atoms with E-state index in [0.29, 0.717) is 0 Å². The van der Waals surface area contributed by atoms with Gasteiger partial charge in [-0.2, -0.15) is 0 Å². The number of aliphatic hydroxyl groups is 1. The summed E-state index contributed by atoms with van der Waals surface area (Å²) in [7, 11) is 0. The Bertz CT molecular complexity index is 512. The molecule has 0 aromatic heterocycles. The van der Waals surface area contributed by atoms with Gasteiger partial charge < -0.3 is 5.11 Å². The maximum absolute atomic E-state index is 10.2. The fourth-order valence-corrected chi connectivity index (χ4v) is 2.27. The van der Waals surface area contributed by atoms with E-state index in [4.69, 9.17) is 0 Å². The van der Waals surface area contributed by atoms with Crippen molar-refractivity contribution in [3.63, 3.8) is 0 Å². The van der Waals surface area contributed by atoms with Crippen LogP contribution in [-0.4, -0.2) is 5.11 Å². The SMILES string of the molecule is CC(C)(O)c1ccc(Br)cc1-c1ccccc1. The summed E-state index contributed by atoms with van der Waals surface area (Å²) in [6.45, 7) is 3.62. The molecule has 2 rings (SSSR count). The lowest BCUT2D eigenvalue weighted by atomic mass is 9.90. The average molecular weight is 291 g/mol. The molecule has 2 heteroatoms. The van der Waals surface area contributed by atoms with Crippen molar-refractivity contribution in [2.24, 2.45) is 0 Å². The zero-order valence-electron chi connectivity index (χ0n) is 9.94. The molecule has 0 aliphatic heterocycles. The Hall–Kier alpha value is -1.12. The summed E-state index contributed by atoms with van der Waals surface area (Å²) in [6, 6.07) is 16.1. The highest BCUT2D eigenvalue weighted by Crippen LogP contribution is 2.33. The van der Waals surface area contributed by atoms with Crippen LogP contribution in [0.4, 0.5) is 0 Å². The van der Waals surface area contributed by atoms with Crippen molar-refractivity contribution in [2.45, 2.75) is 19.4 Å². The van der Waals surface area contributed by atoms with E-state index in [9.17, 15) is 5.11 Å². The topological polar surface area (TPSA) is 20.2 Å². The third-order valence-electron chi connectivity index (χ3n) is 2.73. The molecule has 0 unspecified atom stereocenters. The van der Waals surface area contributed by atoms with Gasteiger partial charge in [0.15, 0.2) is 0 Å². The Morgan fingerprint density at radius 2 is 1.65 bits per heavy atom. The number of rotatable bonds is 2. The normalized spacial score (nSPS) is 11.5. The zero-order valence-corrected chi connectivity index (χ0v) is 11.5. The Labute approximate surface area is 110 Å². The lowest BCUT2D eigenvalue weighted by molar-refractivity contribution is 0.0792. The predicted octanol–water partition coefficient (Wildman–Crippen LogP) is 4.34. The van der Waals surface area contributed by atoms with Gasteiger partial charge in [-0.05, 0) is 42.7 Å². The first-order valence-corrected chi connectivity index (χ1v) is 6.35. The number of halogens is 1. The maximum Gasteiger partial charge on any atom is 0.0846 e. The second-order valence-electron chi connectivity index (χ2n) is 4.61. The molecule has 88 valence electrons. The quantitative estimate of drug-likeness (QED) is 0.872. The fraction of sp³-hybridized carbons (Fsp3) is 0.200. The third-order valence-corrected chi connectivity index (χ3v) is 3.22. The van der Waals surface area contributed by atoms with Crippen molar-refractivity contribution in [3.8, 4) is 11.1 Å². The molecular formula is C15H15BrO. The molecule has 0 fully saturated rings. The number of hydrogen-bond donors (Lipinski definition) is 1. The molecule has 17 heavy (non-hydrogen) atoms. The van der Waals surface area contributed by atoms with E-state index < -0.39 is 5.60 Å². The van der Waals surface area contributed by atoms with Crippen LogP contribution in [0.25, 0.3) is 11.1 Å². The molecule has 0 aliphatic carbocycles. The summed E-state index contributed by atoms with van der Waals surface area (Å²) in [4.78, 5) is 0. The molecule has 2 aromatic rings. The summed E-state index contributed by atoms with van der Waals surface area (Å²) < 4.78 is 1.02. The molecule has 0 saturated carbocycles. The molecule has 0 bridgehead atoms. The van der Waals surface area contributed by atoms with Gasteiger partial charge in [-0.1, -0.05) is 52.3 Å². The molecule has 0 aliphatic rings. The first-order valence-electron chi connectivity index (χ1n) is 5.56. The highest BCUT2D eigenvalue weighted by Gasteiger charge is 2.20. The molecule has 0 atom stereocenters. The first kappa shape index (κ1) is 12.3. The Morgan fingerprint density at radius 1 is 1.00 bits per heavy atom. The van der Waals surface area contributed by atoms with Crippen molar-refractivity contribution in [1.29, 1.82) is 0 Å². The molecule has 2 aromatic carbocycles.